The van der Waals surface area contributed by atoms with E-state index in [-0.39, 0.29) is 11.2 Å². The van der Waals surface area contributed by atoms with Crippen molar-refractivity contribution in [3.05, 3.63) is 35.4 Å². The highest BCUT2D eigenvalue weighted by Gasteiger charge is 2.16. The van der Waals surface area contributed by atoms with Gasteiger partial charge in [-0.1, -0.05) is 45.0 Å². The van der Waals surface area contributed by atoms with E-state index in [0.717, 1.165) is 31.5 Å². The summed E-state index contributed by atoms with van der Waals surface area (Å²) in [5.74, 6) is 0.171. The first kappa shape index (κ1) is 16.2. The summed E-state index contributed by atoms with van der Waals surface area (Å²) in [7, 11) is 0. The van der Waals surface area contributed by atoms with Gasteiger partial charge in [0.15, 0.2) is 5.78 Å². The maximum absolute atomic E-state index is 12.2. The Kier molecular flexibility index (Phi) is 5.54. The molecular formula is C18H27NO2. The molecule has 116 valence electrons. The van der Waals surface area contributed by atoms with Gasteiger partial charge in [0.1, 0.15) is 0 Å². The van der Waals surface area contributed by atoms with Crippen molar-refractivity contribution in [3.8, 4) is 0 Å². The van der Waals surface area contributed by atoms with E-state index in [0.29, 0.717) is 19.1 Å². The lowest BCUT2D eigenvalue weighted by Gasteiger charge is -2.22. The number of ketones is 1. The summed E-state index contributed by atoms with van der Waals surface area (Å²) in [6.45, 7) is 9.11. The summed E-state index contributed by atoms with van der Waals surface area (Å²) in [5.41, 5.74) is 2.17. The average Bonchev–Trinajstić information content (AvgIpc) is 2.47. The molecular weight excluding hydrogens is 262 g/mol. The fourth-order valence-corrected chi connectivity index (χ4v) is 2.58. The Bertz CT molecular complexity index is 453. The largest absolute Gasteiger partial charge is 0.378 e. The molecule has 1 aliphatic heterocycles. The molecule has 2 rings (SSSR count). The molecule has 1 heterocycles. The first-order chi connectivity index (χ1) is 9.97. The minimum absolute atomic E-state index is 0.125. The van der Waals surface area contributed by atoms with Gasteiger partial charge < -0.3 is 10.1 Å². The third-order valence-electron chi connectivity index (χ3n) is 4.04. The van der Waals surface area contributed by atoms with Gasteiger partial charge in [0.05, 0.1) is 12.7 Å². The van der Waals surface area contributed by atoms with Crippen molar-refractivity contribution >= 4 is 5.78 Å². The average molecular weight is 289 g/mol. The van der Waals surface area contributed by atoms with Crippen molar-refractivity contribution in [1.82, 2.24) is 5.32 Å². The van der Waals surface area contributed by atoms with E-state index in [2.05, 4.69) is 38.2 Å². The normalized spacial score (nSPS) is 16.9. The van der Waals surface area contributed by atoms with Crippen molar-refractivity contribution in [3.63, 3.8) is 0 Å². The van der Waals surface area contributed by atoms with Crippen molar-refractivity contribution in [1.29, 1.82) is 0 Å². The molecule has 21 heavy (non-hydrogen) atoms. The third-order valence-corrected chi connectivity index (χ3v) is 4.04. The quantitative estimate of drug-likeness (QED) is 0.845. The summed E-state index contributed by atoms with van der Waals surface area (Å²) in [4.78, 5) is 12.2. The maximum Gasteiger partial charge on any atom is 0.165 e. The molecule has 0 amide bonds. The zero-order valence-electron chi connectivity index (χ0n) is 13.4. The Morgan fingerprint density at radius 2 is 1.81 bits per heavy atom. The van der Waals surface area contributed by atoms with Crippen molar-refractivity contribution in [2.45, 2.75) is 51.6 Å². The standard InChI is InChI=1S/C18H27NO2/c1-18(2,3)15-6-4-14(5-7-15)17(20)10-13-21-16-8-11-19-12-9-16/h4-7,16,19H,8-13H2,1-3H3. The Morgan fingerprint density at radius 1 is 1.19 bits per heavy atom. The van der Waals surface area contributed by atoms with Crippen LogP contribution in [0.25, 0.3) is 0 Å². The van der Waals surface area contributed by atoms with E-state index < -0.39 is 0 Å². The molecule has 1 aliphatic rings. The maximum atomic E-state index is 12.2. The lowest BCUT2D eigenvalue weighted by atomic mass is 9.86. The van der Waals surface area contributed by atoms with Crippen LogP contribution in [0.1, 0.15) is 56.0 Å². The fraction of sp³-hybridized carbons (Fsp3) is 0.611. The Hall–Kier alpha value is -1.19. The van der Waals surface area contributed by atoms with Crippen LogP contribution in [0.15, 0.2) is 24.3 Å². The molecule has 1 N–H and O–H groups in total. The predicted octanol–water partition coefficient (Wildman–Crippen LogP) is 3.33. The molecule has 0 aromatic heterocycles. The molecule has 0 unspecified atom stereocenters. The minimum Gasteiger partial charge on any atom is -0.378 e. The van der Waals surface area contributed by atoms with Crippen LogP contribution in [-0.4, -0.2) is 31.6 Å². The van der Waals surface area contributed by atoms with Gasteiger partial charge in [0.25, 0.3) is 0 Å². The molecule has 1 aromatic rings. The highest BCUT2D eigenvalue weighted by Crippen LogP contribution is 2.22. The Morgan fingerprint density at radius 3 is 2.38 bits per heavy atom. The summed E-state index contributed by atoms with van der Waals surface area (Å²) >= 11 is 0. The van der Waals surface area contributed by atoms with Crippen LogP contribution < -0.4 is 5.32 Å². The number of benzene rings is 1. The Labute approximate surface area is 128 Å². The molecule has 0 spiro atoms. The molecule has 0 saturated carbocycles. The number of hydrogen-bond donors (Lipinski definition) is 1. The Balaban J connectivity index is 1.80. The zero-order valence-corrected chi connectivity index (χ0v) is 13.4. The first-order valence-corrected chi connectivity index (χ1v) is 7.93. The second kappa shape index (κ2) is 7.19. The van der Waals surface area contributed by atoms with Crippen LogP contribution in [0.3, 0.4) is 0 Å². The van der Waals surface area contributed by atoms with Crippen LogP contribution in [0.4, 0.5) is 0 Å². The van der Waals surface area contributed by atoms with Gasteiger partial charge in [-0.15, -0.1) is 0 Å². The topological polar surface area (TPSA) is 38.3 Å². The molecule has 3 heteroatoms. The lowest BCUT2D eigenvalue weighted by molar-refractivity contribution is 0.0313. The highest BCUT2D eigenvalue weighted by molar-refractivity contribution is 5.96. The predicted molar refractivity (Wildman–Crippen MR) is 85.9 cm³/mol. The van der Waals surface area contributed by atoms with E-state index in [9.17, 15) is 4.79 Å². The summed E-state index contributed by atoms with van der Waals surface area (Å²) < 4.78 is 5.79. The summed E-state index contributed by atoms with van der Waals surface area (Å²) in [6, 6.07) is 7.99. The van der Waals surface area contributed by atoms with Crippen LogP contribution in [-0.2, 0) is 10.2 Å². The fourth-order valence-electron chi connectivity index (χ4n) is 2.58. The van der Waals surface area contributed by atoms with Gasteiger partial charge in [-0.05, 0) is 36.9 Å². The van der Waals surface area contributed by atoms with Gasteiger partial charge in [-0.2, -0.15) is 0 Å². The van der Waals surface area contributed by atoms with Gasteiger partial charge >= 0.3 is 0 Å². The number of hydrogen-bond acceptors (Lipinski definition) is 3. The van der Waals surface area contributed by atoms with Crippen LogP contribution >= 0.6 is 0 Å². The number of piperidine rings is 1. The molecule has 0 bridgehead atoms. The van der Waals surface area contributed by atoms with Crippen LogP contribution in [0.5, 0.6) is 0 Å². The number of carbonyl (C=O) groups is 1. The highest BCUT2D eigenvalue weighted by atomic mass is 16.5. The van der Waals surface area contributed by atoms with Crippen LogP contribution in [0, 0.1) is 0 Å². The zero-order chi connectivity index (χ0) is 15.3. The monoisotopic (exact) mass is 289 g/mol. The second-order valence-corrected chi connectivity index (χ2v) is 6.82. The molecule has 3 nitrogen and oxygen atoms in total. The number of nitrogens with one attached hydrogen (secondary N) is 1. The van der Waals surface area contributed by atoms with Gasteiger partial charge in [0, 0.05) is 12.0 Å². The molecule has 0 radical (unpaired) electrons. The van der Waals surface area contributed by atoms with E-state index in [1.165, 1.54) is 5.56 Å². The molecule has 1 aromatic carbocycles. The van der Waals surface area contributed by atoms with E-state index >= 15 is 0 Å². The van der Waals surface area contributed by atoms with Gasteiger partial charge in [-0.3, -0.25) is 4.79 Å². The van der Waals surface area contributed by atoms with Gasteiger partial charge in [0.2, 0.25) is 0 Å². The number of ether oxygens (including phenoxy) is 1. The van der Waals surface area contributed by atoms with Crippen molar-refractivity contribution in [2.24, 2.45) is 0 Å². The summed E-state index contributed by atoms with van der Waals surface area (Å²) in [6.07, 6.45) is 2.89. The van der Waals surface area contributed by atoms with Crippen LogP contribution in [0.2, 0.25) is 0 Å². The molecule has 0 atom stereocenters. The summed E-state index contributed by atoms with van der Waals surface area (Å²) in [5, 5.41) is 3.31. The second-order valence-electron chi connectivity index (χ2n) is 6.82. The number of rotatable bonds is 5. The third kappa shape index (κ3) is 4.94. The van der Waals surface area contributed by atoms with E-state index in [4.69, 9.17) is 4.74 Å². The van der Waals surface area contributed by atoms with Gasteiger partial charge in [-0.25, -0.2) is 0 Å². The van der Waals surface area contributed by atoms with Crippen molar-refractivity contribution in [2.75, 3.05) is 19.7 Å². The number of Topliss-reactive ketones (excluding diaryl/α,β-unsaturated/α-hetero) is 1. The molecule has 1 fully saturated rings. The van der Waals surface area contributed by atoms with Crippen molar-refractivity contribution < 1.29 is 9.53 Å². The SMILES string of the molecule is CC(C)(C)c1ccc(C(=O)CCOC2CCNCC2)cc1. The first-order valence-electron chi connectivity index (χ1n) is 7.93. The van der Waals surface area contributed by atoms with E-state index in [1.54, 1.807) is 0 Å². The molecule has 1 saturated heterocycles. The smallest absolute Gasteiger partial charge is 0.165 e. The lowest BCUT2D eigenvalue weighted by Crippen LogP contribution is -2.32. The molecule has 0 aliphatic carbocycles. The minimum atomic E-state index is 0.125. The van der Waals surface area contributed by atoms with E-state index in [1.807, 2.05) is 12.1 Å². The number of carbonyl (C=O) groups excluding carboxylic acids is 1.